The Labute approximate surface area is 126 Å². The lowest BCUT2D eigenvalue weighted by Gasteiger charge is -2.08. The number of pyridine rings is 1. The SMILES string of the molecule is Nc1cc(C(=O)Nc2c(F)cc(Br)cc2F)cc(Cl)n1. The maximum atomic E-state index is 13.6. The van der Waals surface area contributed by atoms with Gasteiger partial charge in [-0.3, -0.25) is 4.79 Å². The van der Waals surface area contributed by atoms with E-state index in [1.54, 1.807) is 0 Å². The van der Waals surface area contributed by atoms with Crippen molar-refractivity contribution in [2.24, 2.45) is 0 Å². The first kappa shape index (κ1) is 14.7. The second kappa shape index (κ2) is 5.72. The van der Waals surface area contributed by atoms with Crippen LogP contribution in [0.25, 0.3) is 0 Å². The summed E-state index contributed by atoms with van der Waals surface area (Å²) in [5, 5.41) is 2.13. The largest absolute Gasteiger partial charge is 0.384 e. The number of rotatable bonds is 2. The van der Waals surface area contributed by atoms with Crippen LogP contribution in [-0.4, -0.2) is 10.9 Å². The third kappa shape index (κ3) is 3.23. The molecule has 2 aromatic rings. The van der Waals surface area contributed by atoms with E-state index < -0.39 is 23.2 Å². The second-order valence-corrected chi connectivity index (χ2v) is 5.10. The molecule has 1 aromatic carbocycles. The fourth-order valence-corrected chi connectivity index (χ4v) is 2.11. The second-order valence-electron chi connectivity index (χ2n) is 3.80. The Bertz CT molecular complexity index is 653. The van der Waals surface area contributed by atoms with E-state index >= 15 is 0 Å². The average Bonchev–Trinajstić information content (AvgIpc) is 2.32. The van der Waals surface area contributed by atoms with E-state index in [9.17, 15) is 13.6 Å². The number of benzene rings is 1. The van der Waals surface area contributed by atoms with Gasteiger partial charge in [-0.2, -0.15) is 0 Å². The molecule has 0 fully saturated rings. The van der Waals surface area contributed by atoms with Crippen LogP contribution in [0, 0.1) is 11.6 Å². The lowest BCUT2D eigenvalue weighted by atomic mass is 10.2. The fraction of sp³-hybridized carbons (Fsp3) is 0. The van der Waals surface area contributed by atoms with Crippen molar-refractivity contribution in [2.45, 2.75) is 0 Å². The molecule has 1 amide bonds. The molecule has 4 nitrogen and oxygen atoms in total. The molecule has 0 saturated carbocycles. The normalized spacial score (nSPS) is 10.4. The van der Waals surface area contributed by atoms with Crippen LogP contribution in [-0.2, 0) is 0 Å². The highest BCUT2D eigenvalue weighted by Crippen LogP contribution is 2.24. The number of carbonyl (C=O) groups is 1. The summed E-state index contributed by atoms with van der Waals surface area (Å²) >= 11 is 8.60. The molecule has 0 bridgehead atoms. The lowest BCUT2D eigenvalue weighted by molar-refractivity contribution is 0.102. The molecule has 0 aliphatic heterocycles. The first-order chi connectivity index (χ1) is 9.36. The number of anilines is 2. The van der Waals surface area contributed by atoms with Crippen molar-refractivity contribution < 1.29 is 13.6 Å². The van der Waals surface area contributed by atoms with E-state index in [4.69, 9.17) is 17.3 Å². The van der Waals surface area contributed by atoms with Crippen molar-refractivity contribution in [3.63, 3.8) is 0 Å². The summed E-state index contributed by atoms with van der Waals surface area (Å²) in [5.74, 6) is -2.53. The number of aromatic nitrogens is 1. The minimum atomic E-state index is -0.904. The summed E-state index contributed by atoms with van der Waals surface area (Å²) in [6.07, 6.45) is 0. The van der Waals surface area contributed by atoms with Gasteiger partial charge in [-0.25, -0.2) is 13.8 Å². The molecule has 104 valence electrons. The van der Waals surface area contributed by atoms with E-state index in [1.807, 2.05) is 0 Å². The summed E-state index contributed by atoms with van der Waals surface area (Å²) < 4.78 is 27.4. The number of halogens is 4. The zero-order valence-electron chi connectivity index (χ0n) is 9.75. The number of nitrogen functional groups attached to an aromatic ring is 1. The average molecular weight is 363 g/mol. The van der Waals surface area contributed by atoms with Crippen molar-refractivity contribution in [1.82, 2.24) is 4.98 Å². The van der Waals surface area contributed by atoms with Crippen molar-refractivity contribution in [2.75, 3.05) is 11.1 Å². The molecule has 1 aromatic heterocycles. The molecule has 0 aliphatic rings. The van der Waals surface area contributed by atoms with Gasteiger partial charge in [0.2, 0.25) is 0 Å². The summed E-state index contributed by atoms with van der Waals surface area (Å²) in [6, 6.07) is 4.55. The van der Waals surface area contributed by atoms with Gasteiger partial charge in [-0.15, -0.1) is 0 Å². The van der Waals surface area contributed by atoms with Crippen LogP contribution in [0.4, 0.5) is 20.3 Å². The molecule has 0 unspecified atom stereocenters. The Balaban J connectivity index is 2.32. The number of nitrogens with zero attached hydrogens (tertiary/aromatic N) is 1. The molecule has 0 radical (unpaired) electrons. The standard InChI is InChI=1S/C12H7BrClF2N3O/c13-6-3-7(15)11(8(16)4-6)19-12(20)5-1-9(14)18-10(17)2-5/h1-4H,(H2,17,18)(H,19,20). The van der Waals surface area contributed by atoms with Gasteiger partial charge in [-0.1, -0.05) is 27.5 Å². The molecule has 8 heteroatoms. The first-order valence-corrected chi connectivity index (χ1v) is 6.43. The topological polar surface area (TPSA) is 68.0 Å². The van der Waals surface area contributed by atoms with Crippen molar-refractivity contribution in [1.29, 1.82) is 0 Å². The summed E-state index contributed by atoms with van der Waals surface area (Å²) in [7, 11) is 0. The van der Waals surface area contributed by atoms with Crippen LogP contribution in [0.5, 0.6) is 0 Å². The van der Waals surface area contributed by atoms with Gasteiger partial charge in [0.15, 0.2) is 11.6 Å². The van der Waals surface area contributed by atoms with Crippen LogP contribution in [0.15, 0.2) is 28.7 Å². The highest BCUT2D eigenvalue weighted by atomic mass is 79.9. The summed E-state index contributed by atoms with van der Waals surface area (Å²) in [4.78, 5) is 15.6. The monoisotopic (exact) mass is 361 g/mol. The van der Waals surface area contributed by atoms with Gasteiger partial charge in [0.05, 0.1) is 0 Å². The quantitative estimate of drug-likeness (QED) is 0.802. The van der Waals surface area contributed by atoms with E-state index in [0.29, 0.717) is 0 Å². The molecule has 2 rings (SSSR count). The van der Waals surface area contributed by atoms with E-state index in [-0.39, 0.29) is 21.0 Å². The van der Waals surface area contributed by atoms with E-state index in [0.717, 1.165) is 12.1 Å². The molecular weight excluding hydrogens is 356 g/mol. The van der Waals surface area contributed by atoms with E-state index in [2.05, 4.69) is 26.2 Å². The number of carbonyl (C=O) groups excluding carboxylic acids is 1. The van der Waals surface area contributed by atoms with Gasteiger partial charge in [0.1, 0.15) is 16.7 Å². The number of nitrogens with one attached hydrogen (secondary N) is 1. The smallest absolute Gasteiger partial charge is 0.256 e. The summed E-state index contributed by atoms with van der Waals surface area (Å²) in [5.41, 5.74) is 4.93. The predicted octanol–water partition coefficient (Wildman–Crippen LogP) is 3.61. The third-order valence-electron chi connectivity index (χ3n) is 2.32. The predicted molar refractivity (Wildman–Crippen MR) is 75.7 cm³/mol. The number of nitrogens with two attached hydrogens (primary N) is 1. The van der Waals surface area contributed by atoms with Crippen LogP contribution in [0.2, 0.25) is 5.15 Å². The highest BCUT2D eigenvalue weighted by molar-refractivity contribution is 9.10. The van der Waals surface area contributed by atoms with Gasteiger partial charge in [0.25, 0.3) is 5.91 Å². The van der Waals surface area contributed by atoms with Crippen molar-refractivity contribution >= 4 is 44.9 Å². The Hall–Kier alpha value is -1.73. The van der Waals surface area contributed by atoms with Crippen LogP contribution in [0.1, 0.15) is 10.4 Å². The number of amides is 1. The Morgan fingerprint density at radius 2 is 1.85 bits per heavy atom. The maximum absolute atomic E-state index is 13.6. The van der Waals surface area contributed by atoms with Crippen LogP contribution >= 0.6 is 27.5 Å². The van der Waals surface area contributed by atoms with Gasteiger partial charge in [0, 0.05) is 10.0 Å². The molecule has 3 N–H and O–H groups in total. The summed E-state index contributed by atoms with van der Waals surface area (Å²) in [6.45, 7) is 0. The molecule has 0 aliphatic carbocycles. The minimum absolute atomic E-state index is 0.00639. The van der Waals surface area contributed by atoms with Crippen molar-refractivity contribution in [3.8, 4) is 0 Å². The molecule has 0 saturated heterocycles. The molecule has 20 heavy (non-hydrogen) atoms. The Morgan fingerprint density at radius 3 is 2.40 bits per heavy atom. The van der Waals surface area contributed by atoms with Crippen LogP contribution in [0.3, 0.4) is 0 Å². The highest BCUT2D eigenvalue weighted by Gasteiger charge is 2.15. The maximum Gasteiger partial charge on any atom is 0.256 e. The van der Waals surface area contributed by atoms with Gasteiger partial charge >= 0.3 is 0 Å². The number of hydrogen-bond donors (Lipinski definition) is 2. The van der Waals surface area contributed by atoms with E-state index in [1.165, 1.54) is 12.1 Å². The third-order valence-corrected chi connectivity index (χ3v) is 2.97. The number of hydrogen-bond acceptors (Lipinski definition) is 3. The molecule has 0 atom stereocenters. The minimum Gasteiger partial charge on any atom is -0.384 e. The van der Waals surface area contributed by atoms with Gasteiger partial charge in [-0.05, 0) is 24.3 Å². The molecular formula is C12H7BrClF2N3O. The van der Waals surface area contributed by atoms with Crippen LogP contribution < -0.4 is 11.1 Å². The molecule has 0 spiro atoms. The first-order valence-electron chi connectivity index (χ1n) is 5.26. The zero-order chi connectivity index (χ0) is 14.9. The molecule has 1 heterocycles. The fourth-order valence-electron chi connectivity index (χ4n) is 1.50. The Morgan fingerprint density at radius 1 is 1.25 bits per heavy atom. The zero-order valence-corrected chi connectivity index (χ0v) is 12.1. The lowest BCUT2D eigenvalue weighted by Crippen LogP contribution is -2.15. The Kier molecular flexibility index (Phi) is 4.20. The van der Waals surface area contributed by atoms with Crippen molar-refractivity contribution in [3.05, 3.63) is 51.1 Å². The van der Waals surface area contributed by atoms with Gasteiger partial charge < -0.3 is 11.1 Å².